The van der Waals surface area contributed by atoms with Crippen molar-refractivity contribution in [3.63, 3.8) is 0 Å². The summed E-state index contributed by atoms with van der Waals surface area (Å²) in [4.78, 5) is 29.9. The molecule has 0 radical (unpaired) electrons. The Labute approximate surface area is 275 Å². The van der Waals surface area contributed by atoms with E-state index in [-0.39, 0.29) is 29.8 Å². The molecule has 236 valence electrons. The lowest BCUT2D eigenvalue weighted by molar-refractivity contribution is -0.140. The van der Waals surface area contributed by atoms with E-state index < -0.39 is 28.5 Å². The Kier molecular flexibility index (Phi) is 11.2. The molecule has 4 aromatic rings. The average molecular weight is 691 g/mol. The summed E-state index contributed by atoms with van der Waals surface area (Å²) in [6.07, 6.45) is 0.260. The van der Waals surface area contributed by atoms with E-state index in [0.29, 0.717) is 5.69 Å². The Morgan fingerprint density at radius 2 is 1.38 bits per heavy atom. The molecule has 0 saturated carbocycles. The molecule has 0 aromatic heterocycles. The molecule has 0 spiro atoms. The Hall–Kier alpha value is -3.95. The van der Waals surface area contributed by atoms with Crippen molar-refractivity contribution in [3.8, 4) is 0 Å². The van der Waals surface area contributed by atoms with Crippen molar-refractivity contribution in [3.05, 3.63) is 129 Å². The van der Waals surface area contributed by atoms with E-state index in [1.54, 1.807) is 36.4 Å². The molecule has 2 amide bonds. The number of aryl methyl sites for hydroxylation is 3. The minimum atomic E-state index is -4.16. The molecule has 0 aliphatic carbocycles. The fraction of sp³-hybridized carbons (Fsp3) is 0.278. The van der Waals surface area contributed by atoms with Gasteiger partial charge in [-0.3, -0.25) is 13.9 Å². The summed E-state index contributed by atoms with van der Waals surface area (Å²) in [5.41, 5.74) is 4.73. The third-order valence-corrected chi connectivity index (χ3v) is 9.67. The Bertz CT molecular complexity index is 1700. The van der Waals surface area contributed by atoms with Gasteiger partial charge in [-0.2, -0.15) is 0 Å². The van der Waals surface area contributed by atoms with E-state index in [1.807, 2.05) is 95.3 Å². The molecule has 9 heteroatoms. The van der Waals surface area contributed by atoms with Crippen molar-refractivity contribution < 1.29 is 18.0 Å². The quantitative estimate of drug-likeness (QED) is 0.179. The molecular weight excluding hydrogens is 650 g/mol. The smallest absolute Gasteiger partial charge is 0.264 e. The standard InChI is InChI=1S/C36H40BrN3O4S/c1-25(2)38-36(42)34(22-29-9-7-6-8-10-29)39(23-30-13-15-31(37)16-14-30)35(41)24-40(32-20-27(4)19-28(5)21-32)45(43,44)33-17-11-26(3)12-18-33/h6-21,25,34H,22-24H2,1-5H3,(H,38,42)/t34-/m1/s1. The highest BCUT2D eigenvalue weighted by Crippen LogP contribution is 2.27. The van der Waals surface area contributed by atoms with Crippen molar-refractivity contribution in [1.82, 2.24) is 10.2 Å². The maximum absolute atomic E-state index is 14.6. The van der Waals surface area contributed by atoms with Crippen molar-refractivity contribution in [2.75, 3.05) is 10.8 Å². The molecule has 1 atom stereocenters. The molecule has 0 saturated heterocycles. The molecule has 0 fully saturated rings. The maximum Gasteiger partial charge on any atom is 0.264 e. The Balaban J connectivity index is 1.82. The van der Waals surface area contributed by atoms with Gasteiger partial charge in [0, 0.05) is 23.5 Å². The number of nitrogens with zero attached hydrogens (tertiary/aromatic N) is 2. The van der Waals surface area contributed by atoms with Crippen LogP contribution in [-0.2, 0) is 32.6 Å². The van der Waals surface area contributed by atoms with Gasteiger partial charge in [0.15, 0.2) is 0 Å². The highest BCUT2D eigenvalue weighted by Gasteiger charge is 2.35. The first kappa shape index (κ1) is 33.9. The van der Waals surface area contributed by atoms with Gasteiger partial charge in [-0.25, -0.2) is 8.42 Å². The molecule has 0 aliphatic rings. The number of amides is 2. The van der Waals surface area contributed by atoms with Crippen molar-refractivity contribution in [1.29, 1.82) is 0 Å². The van der Waals surface area contributed by atoms with Crippen LogP contribution >= 0.6 is 15.9 Å². The van der Waals surface area contributed by atoms with Gasteiger partial charge in [-0.1, -0.05) is 82.2 Å². The average Bonchev–Trinajstić information content (AvgIpc) is 2.98. The van der Waals surface area contributed by atoms with Gasteiger partial charge in [0.05, 0.1) is 10.6 Å². The number of sulfonamides is 1. The SMILES string of the molecule is Cc1ccc(S(=O)(=O)N(CC(=O)N(Cc2ccc(Br)cc2)[C@H](Cc2ccccc2)C(=O)NC(C)C)c2cc(C)cc(C)c2)cc1. The number of halogens is 1. The number of hydrogen-bond donors (Lipinski definition) is 1. The molecule has 0 bridgehead atoms. The van der Waals surface area contributed by atoms with Gasteiger partial charge < -0.3 is 10.2 Å². The number of hydrogen-bond acceptors (Lipinski definition) is 4. The highest BCUT2D eigenvalue weighted by atomic mass is 79.9. The zero-order valence-corrected chi connectivity index (χ0v) is 28.7. The monoisotopic (exact) mass is 689 g/mol. The number of benzene rings is 4. The normalized spacial score (nSPS) is 12.1. The van der Waals surface area contributed by atoms with Crippen LogP contribution in [0.2, 0.25) is 0 Å². The summed E-state index contributed by atoms with van der Waals surface area (Å²) in [7, 11) is -4.16. The van der Waals surface area contributed by atoms with Gasteiger partial charge in [-0.05, 0) is 93.3 Å². The topological polar surface area (TPSA) is 86.8 Å². The fourth-order valence-corrected chi connectivity index (χ4v) is 6.84. The number of nitrogens with one attached hydrogen (secondary N) is 1. The molecule has 0 heterocycles. The summed E-state index contributed by atoms with van der Waals surface area (Å²) < 4.78 is 30.5. The van der Waals surface area contributed by atoms with Crippen molar-refractivity contribution >= 4 is 43.5 Å². The second-order valence-electron chi connectivity index (χ2n) is 11.7. The van der Waals surface area contributed by atoms with Crippen LogP contribution in [0.4, 0.5) is 5.69 Å². The first-order chi connectivity index (χ1) is 21.3. The molecule has 0 aliphatic heterocycles. The summed E-state index contributed by atoms with van der Waals surface area (Å²) in [5.74, 6) is -0.800. The van der Waals surface area contributed by atoms with E-state index in [9.17, 15) is 18.0 Å². The van der Waals surface area contributed by atoms with Gasteiger partial charge in [0.25, 0.3) is 10.0 Å². The van der Waals surface area contributed by atoms with E-state index in [2.05, 4.69) is 21.2 Å². The van der Waals surface area contributed by atoms with E-state index in [4.69, 9.17) is 0 Å². The zero-order valence-electron chi connectivity index (χ0n) is 26.3. The van der Waals surface area contributed by atoms with Crippen LogP contribution in [0.3, 0.4) is 0 Å². The molecule has 7 nitrogen and oxygen atoms in total. The predicted molar refractivity (Wildman–Crippen MR) is 184 cm³/mol. The van der Waals surface area contributed by atoms with Crippen LogP contribution in [0, 0.1) is 20.8 Å². The van der Waals surface area contributed by atoms with Crippen molar-refractivity contribution in [2.45, 2.75) is 64.6 Å². The van der Waals surface area contributed by atoms with Gasteiger partial charge in [0.1, 0.15) is 12.6 Å². The largest absolute Gasteiger partial charge is 0.352 e. The first-order valence-corrected chi connectivity index (χ1v) is 17.1. The number of carbonyl (C=O) groups is 2. The molecular formula is C36H40BrN3O4S. The Morgan fingerprint density at radius 1 is 0.778 bits per heavy atom. The summed E-state index contributed by atoms with van der Waals surface area (Å²) >= 11 is 3.46. The molecule has 1 N–H and O–H groups in total. The highest BCUT2D eigenvalue weighted by molar-refractivity contribution is 9.10. The second-order valence-corrected chi connectivity index (χ2v) is 14.5. The van der Waals surface area contributed by atoms with Gasteiger partial charge in [0.2, 0.25) is 11.8 Å². The second kappa shape index (κ2) is 14.9. The van der Waals surface area contributed by atoms with Crippen LogP contribution in [0.1, 0.15) is 41.7 Å². The van der Waals surface area contributed by atoms with Crippen LogP contribution in [0.25, 0.3) is 0 Å². The maximum atomic E-state index is 14.6. The minimum Gasteiger partial charge on any atom is -0.352 e. The van der Waals surface area contributed by atoms with E-state index >= 15 is 0 Å². The molecule has 0 unspecified atom stereocenters. The lowest BCUT2D eigenvalue weighted by Crippen LogP contribution is -2.54. The molecule has 4 rings (SSSR count). The number of anilines is 1. The summed E-state index contributed by atoms with van der Waals surface area (Å²) in [6.45, 7) is 9.03. The summed E-state index contributed by atoms with van der Waals surface area (Å²) in [5, 5.41) is 2.98. The summed E-state index contributed by atoms with van der Waals surface area (Å²) in [6, 6.07) is 28.0. The fourth-order valence-electron chi connectivity index (χ4n) is 5.18. The van der Waals surface area contributed by atoms with E-state index in [1.165, 1.54) is 4.90 Å². The van der Waals surface area contributed by atoms with Gasteiger partial charge >= 0.3 is 0 Å². The van der Waals surface area contributed by atoms with Gasteiger partial charge in [-0.15, -0.1) is 0 Å². The van der Waals surface area contributed by atoms with Crippen LogP contribution in [-0.4, -0.2) is 43.8 Å². The predicted octanol–water partition coefficient (Wildman–Crippen LogP) is 6.73. The number of rotatable bonds is 12. The lowest BCUT2D eigenvalue weighted by Gasteiger charge is -2.34. The minimum absolute atomic E-state index is 0.0814. The molecule has 4 aromatic carbocycles. The first-order valence-electron chi connectivity index (χ1n) is 14.9. The van der Waals surface area contributed by atoms with E-state index in [0.717, 1.165) is 36.6 Å². The van der Waals surface area contributed by atoms with Crippen LogP contribution in [0.5, 0.6) is 0 Å². The lowest BCUT2D eigenvalue weighted by atomic mass is 10.0. The Morgan fingerprint density at radius 3 is 1.96 bits per heavy atom. The number of carbonyl (C=O) groups excluding carboxylic acids is 2. The third kappa shape index (κ3) is 9.05. The third-order valence-electron chi connectivity index (χ3n) is 7.35. The van der Waals surface area contributed by atoms with Crippen LogP contribution < -0.4 is 9.62 Å². The van der Waals surface area contributed by atoms with Crippen molar-refractivity contribution in [2.24, 2.45) is 0 Å². The zero-order chi connectivity index (χ0) is 32.7. The van der Waals surface area contributed by atoms with Crippen LogP contribution in [0.15, 0.2) is 106 Å². The molecule has 45 heavy (non-hydrogen) atoms.